The summed E-state index contributed by atoms with van der Waals surface area (Å²) in [5.74, 6) is -0.771. The van der Waals surface area contributed by atoms with Crippen molar-refractivity contribution in [3.63, 3.8) is 0 Å². The fourth-order valence-electron chi connectivity index (χ4n) is 1.44. The highest BCUT2D eigenvalue weighted by atomic mass is 16.5. The first kappa shape index (κ1) is 15.0. The highest BCUT2D eigenvalue weighted by Crippen LogP contribution is 2.07. The first-order chi connectivity index (χ1) is 8.95. The Kier molecular flexibility index (Phi) is 5.31. The Morgan fingerprint density at radius 3 is 2.79 bits per heavy atom. The summed E-state index contributed by atoms with van der Waals surface area (Å²) in [7, 11) is 3.20. The van der Waals surface area contributed by atoms with Crippen molar-refractivity contribution < 1.29 is 14.3 Å². The van der Waals surface area contributed by atoms with E-state index in [1.165, 1.54) is 10.9 Å². The lowest BCUT2D eigenvalue weighted by Crippen LogP contribution is -2.45. The van der Waals surface area contributed by atoms with Gasteiger partial charge in [-0.25, -0.2) is 0 Å². The second kappa shape index (κ2) is 6.74. The maximum atomic E-state index is 11.9. The minimum Gasteiger partial charge on any atom is -0.396 e. The number of ether oxygens (including phenoxy) is 1. The summed E-state index contributed by atoms with van der Waals surface area (Å²) in [5.41, 5.74) is 6.01. The van der Waals surface area contributed by atoms with Gasteiger partial charge in [0.1, 0.15) is 6.04 Å². The summed E-state index contributed by atoms with van der Waals surface area (Å²) in [6, 6.07) is -0.675. The SMILES string of the molecule is COCCNC(=O)C(C)NC(=O)c1nn(C)cc1N. The molecule has 8 nitrogen and oxygen atoms in total. The van der Waals surface area contributed by atoms with Crippen LogP contribution in [0.1, 0.15) is 17.4 Å². The molecule has 19 heavy (non-hydrogen) atoms. The molecule has 106 valence electrons. The molecule has 1 unspecified atom stereocenters. The summed E-state index contributed by atoms with van der Waals surface area (Å²) >= 11 is 0. The molecule has 0 saturated heterocycles. The Hall–Kier alpha value is -2.09. The van der Waals surface area contributed by atoms with E-state index < -0.39 is 11.9 Å². The lowest BCUT2D eigenvalue weighted by atomic mass is 10.2. The second-order valence-electron chi connectivity index (χ2n) is 4.09. The van der Waals surface area contributed by atoms with Gasteiger partial charge in [0, 0.05) is 26.9 Å². The third-order valence-electron chi connectivity index (χ3n) is 2.42. The van der Waals surface area contributed by atoms with Crippen LogP contribution in [0, 0.1) is 0 Å². The van der Waals surface area contributed by atoms with Crippen LogP contribution in [-0.2, 0) is 16.6 Å². The minimum atomic E-state index is -0.675. The number of carbonyl (C=O) groups is 2. The van der Waals surface area contributed by atoms with E-state index in [4.69, 9.17) is 10.5 Å². The number of hydrogen-bond donors (Lipinski definition) is 3. The highest BCUT2D eigenvalue weighted by molar-refractivity contribution is 5.99. The normalized spacial score (nSPS) is 11.9. The molecule has 0 aliphatic rings. The van der Waals surface area contributed by atoms with Gasteiger partial charge in [0.25, 0.3) is 5.91 Å². The Morgan fingerprint density at radius 2 is 2.26 bits per heavy atom. The van der Waals surface area contributed by atoms with E-state index in [1.807, 2.05) is 0 Å². The zero-order chi connectivity index (χ0) is 14.4. The van der Waals surface area contributed by atoms with Crippen molar-refractivity contribution in [1.29, 1.82) is 0 Å². The fraction of sp³-hybridized carbons (Fsp3) is 0.545. The van der Waals surface area contributed by atoms with Crippen LogP contribution in [-0.4, -0.2) is 47.9 Å². The molecule has 1 atom stereocenters. The second-order valence-corrected chi connectivity index (χ2v) is 4.09. The van der Waals surface area contributed by atoms with E-state index in [-0.39, 0.29) is 17.3 Å². The molecular weight excluding hydrogens is 250 g/mol. The number of rotatable bonds is 6. The Labute approximate surface area is 111 Å². The number of nitrogens with two attached hydrogens (primary N) is 1. The zero-order valence-electron chi connectivity index (χ0n) is 11.3. The van der Waals surface area contributed by atoms with Gasteiger partial charge in [-0.15, -0.1) is 0 Å². The standard InChI is InChI=1S/C11H19N5O3/c1-7(10(17)13-4-5-19-3)14-11(18)9-8(12)6-16(2)15-9/h6-7H,4-5,12H2,1-3H3,(H,13,17)(H,14,18). The average Bonchev–Trinajstić information content (AvgIpc) is 2.68. The monoisotopic (exact) mass is 269 g/mol. The number of nitrogen functional groups attached to an aromatic ring is 1. The molecule has 0 bridgehead atoms. The summed E-state index contributed by atoms with van der Waals surface area (Å²) < 4.78 is 6.25. The van der Waals surface area contributed by atoms with E-state index in [1.54, 1.807) is 21.1 Å². The van der Waals surface area contributed by atoms with Gasteiger partial charge in [0.15, 0.2) is 5.69 Å². The average molecular weight is 269 g/mol. The third kappa shape index (κ3) is 4.25. The van der Waals surface area contributed by atoms with E-state index in [0.717, 1.165) is 0 Å². The molecule has 1 heterocycles. The van der Waals surface area contributed by atoms with Gasteiger partial charge in [0.2, 0.25) is 5.91 Å². The van der Waals surface area contributed by atoms with Gasteiger partial charge < -0.3 is 21.1 Å². The summed E-state index contributed by atoms with van der Waals surface area (Å²) in [6.45, 7) is 2.39. The molecule has 0 saturated carbocycles. The van der Waals surface area contributed by atoms with E-state index in [9.17, 15) is 9.59 Å². The van der Waals surface area contributed by atoms with Crippen molar-refractivity contribution in [2.45, 2.75) is 13.0 Å². The van der Waals surface area contributed by atoms with Crippen LogP contribution >= 0.6 is 0 Å². The number of nitrogens with one attached hydrogen (secondary N) is 2. The molecule has 0 aliphatic carbocycles. The van der Waals surface area contributed by atoms with Crippen LogP contribution in [0.4, 0.5) is 5.69 Å². The summed E-state index contributed by atoms with van der Waals surface area (Å²) in [4.78, 5) is 23.5. The number of aromatic nitrogens is 2. The lowest BCUT2D eigenvalue weighted by molar-refractivity contribution is -0.122. The maximum Gasteiger partial charge on any atom is 0.274 e. The minimum absolute atomic E-state index is 0.110. The molecular formula is C11H19N5O3. The van der Waals surface area contributed by atoms with E-state index in [2.05, 4.69) is 15.7 Å². The number of aryl methyl sites for hydroxylation is 1. The first-order valence-corrected chi connectivity index (χ1v) is 5.82. The van der Waals surface area contributed by atoms with Crippen molar-refractivity contribution in [3.8, 4) is 0 Å². The van der Waals surface area contributed by atoms with Gasteiger partial charge in [-0.05, 0) is 6.92 Å². The zero-order valence-corrected chi connectivity index (χ0v) is 11.3. The Bertz CT molecular complexity index is 457. The number of carbonyl (C=O) groups excluding carboxylic acids is 2. The largest absolute Gasteiger partial charge is 0.396 e. The molecule has 1 aromatic heterocycles. The fourth-order valence-corrected chi connectivity index (χ4v) is 1.44. The first-order valence-electron chi connectivity index (χ1n) is 5.82. The Morgan fingerprint density at radius 1 is 1.58 bits per heavy atom. The molecule has 0 fully saturated rings. The van der Waals surface area contributed by atoms with Crippen LogP contribution in [0.2, 0.25) is 0 Å². The van der Waals surface area contributed by atoms with Crippen molar-refractivity contribution in [1.82, 2.24) is 20.4 Å². The van der Waals surface area contributed by atoms with Crippen LogP contribution < -0.4 is 16.4 Å². The highest BCUT2D eigenvalue weighted by Gasteiger charge is 2.19. The predicted octanol–water partition coefficient (Wildman–Crippen LogP) is -1.12. The molecule has 1 rings (SSSR count). The molecule has 2 amide bonds. The molecule has 0 spiro atoms. The van der Waals surface area contributed by atoms with Crippen molar-refractivity contribution in [2.24, 2.45) is 7.05 Å². The van der Waals surface area contributed by atoms with Crippen molar-refractivity contribution in [3.05, 3.63) is 11.9 Å². The summed E-state index contributed by atoms with van der Waals surface area (Å²) in [6.07, 6.45) is 1.53. The van der Waals surface area contributed by atoms with E-state index in [0.29, 0.717) is 13.2 Å². The van der Waals surface area contributed by atoms with E-state index >= 15 is 0 Å². The van der Waals surface area contributed by atoms with Gasteiger partial charge in [-0.3, -0.25) is 14.3 Å². The molecule has 1 aromatic rings. The number of anilines is 1. The smallest absolute Gasteiger partial charge is 0.274 e. The predicted molar refractivity (Wildman–Crippen MR) is 69.4 cm³/mol. The lowest BCUT2D eigenvalue weighted by Gasteiger charge is -2.13. The van der Waals surface area contributed by atoms with Gasteiger partial charge in [-0.1, -0.05) is 0 Å². The van der Waals surface area contributed by atoms with Crippen LogP contribution in [0.5, 0.6) is 0 Å². The van der Waals surface area contributed by atoms with Crippen molar-refractivity contribution in [2.75, 3.05) is 26.0 Å². The number of hydrogen-bond acceptors (Lipinski definition) is 5. The van der Waals surface area contributed by atoms with Gasteiger partial charge >= 0.3 is 0 Å². The number of methoxy groups -OCH3 is 1. The molecule has 0 aliphatic heterocycles. The van der Waals surface area contributed by atoms with Crippen LogP contribution in [0.3, 0.4) is 0 Å². The third-order valence-corrected chi connectivity index (χ3v) is 2.42. The van der Waals surface area contributed by atoms with Crippen molar-refractivity contribution >= 4 is 17.5 Å². The van der Waals surface area contributed by atoms with Gasteiger partial charge in [-0.2, -0.15) is 5.10 Å². The topological polar surface area (TPSA) is 111 Å². The van der Waals surface area contributed by atoms with Crippen LogP contribution in [0.25, 0.3) is 0 Å². The Balaban J connectivity index is 2.52. The molecule has 0 aromatic carbocycles. The van der Waals surface area contributed by atoms with Crippen LogP contribution in [0.15, 0.2) is 6.20 Å². The number of amides is 2. The molecule has 0 radical (unpaired) electrons. The summed E-state index contributed by atoms with van der Waals surface area (Å²) in [5, 5.41) is 9.08. The quantitative estimate of drug-likeness (QED) is 0.567. The maximum absolute atomic E-state index is 11.9. The number of nitrogens with zero attached hydrogens (tertiary/aromatic N) is 2. The molecule has 8 heteroatoms. The van der Waals surface area contributed by atoms with Gasteiger partial charge in [0.05, 0.1) is 12.3 Å². The molecule has 4 N–H and O–H groups in total.